The van der Waals surface area contributed by atoms with Gasteiger partial charge in [-0.05, 0) is 53.3 Å². The van der Waals surface area contributed by atoms with Gasteiger partial charge in [-0.2, -0.15) is 0 Å². The smallest absolute Gasteiger partial charge is 0.124 e. The van der Waals surface area contributed by atoms with Crippen molar-refractivity contribution < 1.29 is 9.13 Å². The lowest BCUT2D eigenvalue weighted by molar-refractivity contribution is 0.303. The first-order valence-corrected chi connectivity index (χ1v) is 7.74. The van der Waals surface area contributed by atoms with Crippen molar-refractivity contribution in [3.05, 3.63) is 63.4 Å². The number of halogens is 2. The topological polar surface area (TPSA) is 9.23 Å². The Bertz CT molecular complexity index is 624. The third-order valence-corrected chi connectivity index (χ3v) is 3.82. The Labute approximate surface area is 134 Å². The summed E-state index contributed by atoms with van der Waals surface area (Å²) in [6, 6.07) is 11.0. The molecular formula is C18H20BrFO. The van der Waals surface area contributed by atoms with Crippen LogP contribution in [0.25, 0.3) is 0 Å². The predicted octanol–water partition coefficient (Wildman–Crippen LogP) is 5.77. The zero-order valence-corrected chi connectivity index (χ0v) is 14.4. The summed E-state index contributed by atoms with van der Waals surface area (Å²) >= 11 is 3.29. The number of hydrogen-bond acceptors (Lipinski definition) is 1. The summed E-state index contributed by atoms with van der Waals surface area (Å²) in [4.78, 5) is 0. The molecule has 112 valence electrons. The molecule has 2 aromatic carbocycles. The highest BCUT2D eigenvalue weighted by atomic mass is 79.9. The molecular weight excluding hydrogens is 331 g/mol. The van der Waals surface area contributed by atoms with E-state index in [2.05, 4.69) is 48.8 Å². The second-order valence-corrected chi connectivity index (χ2v) is 7.21. The first kappa shape index (κ1) is 16.0. The Hall–Kier alpha value is -1.35. The van der Waals surface area contributed by atoms with Crippen LogP contribution in [0.2, 0.25) is 0 Å². The van der Waals surface area contributed by atoms with Gasteiger partial charge in [0, 0.05) is 4.47 Å². The molecule has 3 heteroatoms. The van der Waals surface area contributed by atoms with Crippen molar-refractivity contribution in [3.63, 3.8) is 0 Å². The molecule has 0 N–H and O–H groups in total. The molecule has 0 spiro atoms. The molecule has 0 saturated carbocycles. The predicted molar refractivity (Wildman–Crippen MR) is 88.3 cm³/mol. The van der Waals surface area contributed by atoms with Crippen molar-refractivity contribution in [1.82, 2.24) is 0 Å². The van der Waals surface area contributed by atoms with E-state index in [-0.39, 0.29) is 11.2 Å². The van der Waals surface area contributed by atoms with Crippen molar-refractivity contribution in [1.29, 1.82) is 0 Å². The standard InChI is InChI=1S/C18H20BrFO/c1-12-7-14(18(2,3)4)5-6-17(12)21-11-13-8-15(19)10-16(20)9-13/h5-10H,11H2,1-4H3. The van der Waals surface area contributed by atoms with E-state index in [4.69, 9.17) is 4.74 Å². The third-order valence-electron chi connectivity index (χ3n) is 3.36. The van der Waals surface area contributed by atoms with Gasteiger partial charge < -0.3 is 4.74 Å². The first-order valence-electron chi connectivity index (χ1n) is 6.94. The molecule has 0 aromatic heterocycles. The fourth-order valence-electron chi connectivity index (χ4n) is 2.13. The fourth-order valence-corrected chi connectivity index (χ4v) is 2.65. The van der Waals surface area contributed by atoms with E-state index in [1.807, 2.05) is 19.1 Å². The second-order valence-electron chi connectivity index (χ2n) is 6.30. The Morgan fingerprint density at radius 2 is 1.81 bits per heavy atom. The van der Waals surface area contributed by atoms with Crippen molar-refractivity contribution in [3.8, 4) is 5.75 Å². The lowest BCUT2D eigenvalue weighted by atomic mass is 9.86. The molecule has 0 aliphatic carbocycles. The van der Waals surface area contributed by atoms with Crippen molar-refractivity contribution in [2.24, 2.45) is 0 Å². The molecule has 0 saturated heterocycles. The maximum atomic E-state index is 13.3. The summed E-state index contributed by atoms with van der Waals surface area (Å²) in [5.74, 6) is 0.575. The first-order chi connectivity index (χ1) is 9.75. The molecule has 0 bridgehead atoms. The molecule has 0 fully saturated rings. The van der Waals surface area contributed by atoms with Gasteiger partial charge in [-0.25, -0.2) is 4.39 Å². The minimum Gasteiger partial charge on any atom is -0.489 e. The summed E-state index contributed by atoms with van der Waals surface area (Å²) < 4.78 is 19.9. The van der Waals surface area contributed by atoms with Gasteiger partial charge in [0.15, 0.2) is 0 Å². The summed E-state index contributed by atoms with van der Waals surface area (Å²) in [5.41, 5.74) is 3.30. The highest BCUT2D eigenvalue weighted by Crippen LogP contribution is 2.28. The monoisotopic (exact) mass is 350 g/mol. The summed E-state index contributed by atoms with van der Waals surface area (Å²) in [7, 11) is 0. The van der Waals surface area contributed by atoms with Crippen LogP contribution >= 0.6 is 15.9 Å². The minimum absolute atomic E-state index is 0.122. The average Bonchev–Trinajstić information content (AvgIpc) is 2.35. The van der Waals surface area contributed by atoms with E-state index in [0.29, 0.717) is 6.61 Å². The fraction of sp³-hybridized carbons (Fsp3) is 0.333. The molecule has 0 aliphatic heterocycles. The number of benzene rings is 2. The Morgan fingerprint density at radius 1 is 1.10 bits per heavy atom. The van der Waals surface area contributed by atoms with Gasteiger partial charge in [-0.3, -0.25) is 0 Å². The van der Waals surface area contributed by atoms with Crippen molar-refractivity contribution in [2.45, 2.75) is 39.7 Å². The number of ether oxygens (including phenoxy) is 1. The van der Waals surface area contributed by atoms with Gasteiger partial charge in [0.1, 0.15) is 18.2 Å². The SMILES string of the molecule is Cc1cc(C(C)(C)C)ccc1OCc1cc(F)cc(Br)c1. The summed E-state index contributed by atoms with van der Waals surface area (Å²) in [5, 5.41) is 0. The second kappa shape index (κ2) is 6.18. The lowest BCUT2D eigenvalue weighted by Gasteiger charge is -2.20. The Morgan fingerprint density at radius 3 is 2.38 bits per heavy atom. The number of rotatable bonds is 3. The van der Waals surface area contributed by atoms with Crippen molar-refractivity contribution in [2.75, 3.05) is 0 Å². The van der Waals surface area contributed by atoms with Crippen LogP contribution < -0.4 is 4.74 Å². The minimum atomic E-state index is -0.261. The molecule has 0 amide bonds. The molecule has 0 aliphatic rings. The van der Waals surface area contributed by atoms with E-state index in [9.17, 15) is 4.39 Å². The lowest BCUT2D eigenvalue weighted by Crippen LogP contribution is -2.11. The van der Waals surface area contributed by atoms with Gasteiger partial charge in [0.05, 0.1) is 0 Å². The van der Waals surface area contributed by atoms with E-state index in [1.165, 1.54) is 17.7 Å². The molecule has 0 heterocycles. The molecule has 2 rings (SSSR count). The molecule has 2 aromatic rings. The highest BCUT2D eigenvalue weighted by Gasteiger charge is 2.14. The molecule has 0 atom stereocenters. The van der Waals surface area contributed by atoms with E-state index < -0.39 is 0 Å². The molecule has 1 nitrogen and oxygen atoms in total. The highest BCUT2D eigenvalue weighted by molar-refractivity contribution is 9.10. The van der Waals surface area contributed by atoms with Crippen LogP contribution in [0.1, 0.15) is 37.5 Å². The number of hydrogen-bond donors (Lipinski definition) is 0. The van der Waals surface area contributed by atoms with Gasteiger partial charge in [0.2, 0.25) is 0 Å². The zero-order chi connectivity index (χ0) is 15.6. The molecule has 21 heavy (non-hydrogen) atoms. The van der Waals surface area contributed by atoms with Gasteiger partial charge >= 0.3 is 0 Å². The summed E-state index contributed by atoms with van der Waals surface area (Å²) in [6.07, 6.45) is 0. The molecule has 0 radical (unpaired) electrons. The average molecular weight is 351 g/mol. The van der Waals surface area contributed by atoms with E-state index in [1.54, 1.807) is 0 Å². The maximum absolute atomic E-state index is 13.3. The van der Waals surface area contributed by atoms with E-state index >= 15 is 0 Å². The van der Waals surface area contributed by atoms with Crippen LogP contribution in [0.3, 0.4) is 0 Å². The largest absolute Gasteiger partial charge is 0.489 e. The number of aryl methyl sites for hydroxylation is 1. The molecule has 0 unspecified atom stereocenters. The van der Waals surface area contributed by atoms with Crippen LogP contribution in [0.5, 0.6) is 5.75 Å². The van der Waals surface area contributed by atoms with Crippen molar-refractivity contribution >= 4 is 15.9 Å². The normalized spacial score (nSPS) is 11.5. The Balaban J connectivity index is 2.13. The van der Waals surface area contributed by atoms with Gasteiger partial charge in [-0.15, -0.1) is 0 Å². The van der Waals surface area contributed by atoms with Gasteiger partial charge in [-0.1, -0.05) is 48.8 Å². The van der Waals surface area contributed by atoms with Crippen LogP contribution in [0, 0.1) is 12.7 Å². The quantitative estimate of drug-likeness (QED) is 0.682. The van der Waals surface area contributed by atoms with Crippen LogP contribution in [-0.4, -0.2) is 0 Å². The third kappa shape index (κ3) is 4.31. The zero-order valence-electron chi connectivity index (χ0n) is 12.8. The van der Waals surface area contributed by atoms with Crippen LogP contribution in [-0.2, 0) is 12.0 Å². The van der Waals surface area contributed by atoms with Crippen LogP contribution in [0.4, 0.5) is 4.39 Å². The summed E-state index contributed by atoms with van der Waals surface area (Å²) in [6.45, 7) is 8.95. The Kier molecular flexibility index (Phi) is 4.72. The van der Waals surface area contributed by atoms with Crippen LogP contribution in [0.15, 0.2) is 40.9 Å². The van der Waals surface area contributed by atoms with E-state index in [0.717, 1.165) is 21.3 Å². The maximum Gasteiger partial charge on any atom is 0.124 e. The van der Waals surface area contributed by atoms with Gasteiger partial charge in [0.25, 0.3) is 0 Å².